The van der Waals surface area contributed by atoms with Crippen molar-refractivity contribution in [2.24, 2.45) is 0 Å². The van der Waals surface area contributed by atoms with Crippen molar-refractivity contribution < 1.29 is 5.11 Å². The van der Waals surface area contributed by atoms with Crippen molar-refractivity contribution in [2.75, 3.05) is 36.5 Å². The average molecular weight is 218 g/mol. The van der Waals surface area contributed by atoms with Gasteiger partial charge in [0.05, 0.1) is 13.2 Å². The SMILES string of the molecule is C#CCNc1ccc(N(CC)CCO)cc1. The summed E-state index contributed by atoms with van der Waals surface area (Å²) < 4.78 is 0. The van der Waals surface area contributed by atoms with Gasteiger partial charge in [0.1, 0.15) is 0 Å². The lowest BCUT2D eigenvalue weighted by Gasteiger charge is -2.22. The molecule has 0 fully saturated rings. The van der Waals surface area contributed by atoms with Gasteiger partial charge in [-0.25, -0.2) is 0 Å². The Bertz CT molecular complexity index is 340. The molecule has 1 aromatic carbocycles. The molecule has 0 amide bonds. The van der Waals surface area contributed by atoms with Crippen molar-refractivity contribution in [3.63, 3.8) is 0 Å². The monoisotopic (exact) mass is 218 g/mol. The number of rotatable bonds is 6. The quantitative estimate of drug-likeness (QED) is 0.711. The van der Waals surface area contributed by atoms with Crippen LogP contribution in [0.5, 0.6) is 0 Å². The molecular weight excluding hydrogens is 200 g/mol. The molecule has 1 rings (SSSR count). The zero-order valence-corrected chi connectivity index (χ0v) is 9.61. The standard InChI is InChI=1S/C13H18N2O/c1-3-9-14-12-5-7-13(8-6-12)15(4-2)10-11-16/h1,5-8,14,16H,4,9-11H2,2H3. The molecule has 0 saturated heterocycles. The van der Waals surface area contributed by atoms with Crippen molar-refractivity contribution in [2.45, 2.75) is 6.92 Å². The predicted molar refractivity (Wildman–Crippen MR) is 68.7 cm³/mol. The molecule has 0 aliphatic rings. The minimum atomic E-state index is 0.172. The molecule has 0 bridgehead atoms. The number of nitrogens with one attached hydrogen (secondary N) is 1. The van der Waals surface area contributed by atoms with Crippen molar-refractivity contribution >= 4 is 11.4 Å². The first-order chi connectivity index (χ1) is 7.81. The van der Waals surface area contributed by atoms with Crippen LogP contribution in [-0.2, 0) is 0 Å². The highest BCUT2D eigenvalue weighted by molar-refractivity contribution is 5.55. The smallest absolute Gasteiger partial charge is 0.0763 e. The number of terminal acetylenes is 1. The van der Waals surface area contributed by atoms with E-state index in [4.69, 9.17) is 11.5 Å². The molecule has 16 heavy (non-hydrogen) atoms. The highest BCUT2D eigenvalue weighted by Crippen LogP contribution is 2.17. The van der Waals surface area contributed by atoms with E-state index in [0.29, 0.717) is 13.1 Å². The van der Waals surface area contributed by atoms with Gasteiger partial charge in [-0.15, -0.1) is 6.42 Å². The minimum absolute atomic E-state index is 0.172. The molecule has 0 heterocycles. The Labute approximate surface area is 97.1 Å². The van der Waals surface area contributed by atoms with E-state index < -0.39 is 0 Å². The van der Waals surface area contributed by atoms with Gasteiger partial charge in [-0.2, -0.15) is 0 Å². The Morgan fingerprint density at radius 3 is 2.56 bits per heavy atom. The van der Waals surface area contributed by atoms with Gasteiger partial charge >= 0.3 is 0 Å². The van der Waals surface area contributed by atoms with Gasteiger partial charge in [0.2, 0.25) is 0 Å². The van der Waals surface area contributed by atoms with E-state index in [9.17, 15) is 0 Å². The normalized spacial score (nSPS) is 9.56. The van der Waals surface area contributed by atoms with Gasteiger partial charge in [-0.3, -0.25) is 0 Å². The predicted octanol–water partition coefficient (Wildman–Crippen LogP) is 1.55. The van der Waals surface area contributed by atoms with Gasteiger partial charge in [0, 0.05) is 24.5 Å². The third-order valence-corrected chi connectivity index (χ3v) is 2.38. The van der Waals surface area contributed by atoms with Crippen LogP contribution in [0.3, 0.4) is 0 Å². The van der Waals surface area contributed by atoms with E-state index in [0.717, 1.165) is 17.9 Å². The summed E-state index contributed by atoms with van der Waals surface area (Å²) in [7, 11) is 0. The number of hydrogen-bond acceptors (Lipinski definition) is 3. The van der Waals surface area contributed by atoms with Crippen molar-refractivity contribution in [1.82, 2.24) is 0 Å². The van der Waals surface area contributed by atoms with Crippen LogP contribution in [-0.4, -0.2) is 31.3 Å². The highest BCUT2D eigenvalue weighted by Gasteiger charge is 2.02. The van der Waals surface area contributed by atoms with Gasteiger partial charge in [0.15, 0.2) is 0 Å². The Morgan fingerprint density at radius 2 is 2.06 bits per heavy atom. The van der Waals surface area contributed by atoms with E-state index >= 15 is 0 Å². The summed E-state index contributed by atoms with van der Waals surface area (Å²) >= 11 is 0. The minimum Gasteiger partial charge on any atom is -0.395 e. The summed E-state index contributed by atoms with van der Waals surface area (Å²) in [6.45, 7) is 4.32. The summed E-state index contributed by atoms with van der Waals surface area (Å²) in [4.78, 5) is 2.12. The zero-order chi connectivity index (χ0) is 11.8. The van der Waals surface area contributed by atoms with E-state index in [-0.39, 0.29) is 6.61 Å². The molecule has 0 radical (unpaired) electrons. The second-order valence-electron chi connectivity index (χ2n) is 3.41. The maximum Gasteiger partial charge on any atom is 0.0763 e. The summed E-state index contributed by atoms with van der Waals surface area (Å²) in [5.74, 6) is 2.53. The topological polar surface area (TPSA) is 35.5 Å². The number of hydrogen-bond donors (Lipinski definition) is 2. The molecule has 0 aliphatic heterocycles. The van der Waals surface area contributed by atoms with E-state index in [1.54, 1.807) is 0 Å². The number of nitrogens with zero attached hydrogens (tertiary/aromatic N) is 1. The van der Waals surface area contributed by atoms with Gasteiger partial charge in [-0.05, 0) is 31.2 Å². The Morgan fingerprint density at radius 1 is 1.38 bits per heavy atom. The Kier molecular flexibility index (Phi) is 5.24. The van der Waals surface area contributed by atoms with Crippen LogP contribution in [0.2, 0.25) is 0 Å². The van der Waals surface area contributed by atoms with Crippen LogP contribution in [0.4, 0.5) is 11.4 Å². The Hall–Kier alpha value is -1.66. The molecule has 1 aromatic rings. The fourth-order valence-electron chi connectivity index (χ4n) is 1.53. The highest BCUT2D eigenvalue weighted by atomic mass is 16.3. The van der Waals surface area contributed by atoms with E-state index in [1.165, 1.54) is 0 Å². The molecule has 0 saturated carbocycles. The molecule has 0 aliphatic carbocycles. The van der Waals surface area contributed by atoms with Crippen LogP contribution >= 0.6 is 0 Å². The molecule has 3 nitrogen and oxygen atoms in total. The molecule has 0 atom stereocenters. The first-order valence-electron chi connectivity index (χ1n) is 5.45. The lowest BCUT2D eigenvalue weighted by Crippen LogP contribution is -2.25. The second-order valence-corrected chi connectivity index (χ2v) is 3.41. The fraction of sp³-hybridized carbons (Fsp3) is 0.385. The van der Waals surface area contributed by atoms with E-state index in [1.807, 2.05) is 24.3 Å². The van der Waals surface area contributed by atoms with Crippen molar-refractivity contribution in [3.05, 3.63) is 24.3 Å². The molecular formula is C13H18N2O. The third-order valence-electron chi connectivity index (χ3n) is 2.38. The maximum atomic E-state index is 8.92. The fourth-order valence-corrected chi connectivity index (χ4v) is 1.53. The number of likely N-dealkylation sites (N-methyl/N-ethyl adjacent to an activating group) is 1. The summed E-state index contributed by atoms with van der Waals surface area (Å²) in [5, 5.41) is 12.0. The van der Waals surface area contributed by atoms with Crippen LogP contribution in [0.25, 0.3) is 0 Å². The first kappa shape index (κ1) is 12.4. The summed E-state index contributed by atoms with van der Waals surface area (Å²) in [5.41, 5.74) is 2.13. The van der Waals surface area contributed by atoms with Gasteiger partial charge < -0.3 is 15.3 Å². The molecule has 0 spiro atoms. The molecule has 0 aromatic heterocycles. The molecule has 86 valence electrons. The third kappa shape index (κ3) is 3.48. The second kappa shape index (κ2) is 6.76. The van der Waals surface area contributed by atoms with Crippen LogP contribution in [0.15, 0.2) is 24.3 Å². The Balaban J connectivity index is 2.66. The van der Waals surface area contributed by atoms with Crippen molar-refractivity contribution in [1.29, 1.82) is 0 Å². The lowest BCUT2D eigenvalue weighted by atomic mass is 10.2. The van der Waals surface area contributed by atoms with Gasteiger partial charge in [0.25, 0.3) is 0 Å². The van der Waals surface area contributed by atoms with Crippen LogP contribution in [0, 0.1) is 12.3 Å². The number of benzene rings is 1. The lowest BCUT2D eigenvalue weighted by molar-refractivity contribution is 0.302. The average Bonchev–Trinajstić information content (AvgIpc) is 2.34. The summed E-state index contributed by atoms with van der Waals surface area (Å²) in [6, 6.07) is 8.04. The molecule has 2 N–H and O–H groups in total. The van der Waals surface area contributed by atoms with Crippen LogP contribution in [0.1, 0.15) is 6.92 Å². The van der Waals surface area contributed by atoms with E-state index in [2.05, 4.69) is 23.1 Å². The van der Waals surface area contributed by atoms with Crippen LogP contribution < -0.4 is 10.2 Å². The largest absolute Gasteiger partial charge is 0.395 e. The number of anilines is 2. The van der Waals surface area contributed by atoms with Gasteiger partial charge in [-0.1, -0.05) is 5.92 Å². The molecule has 3 heteroatoms. The number of aliphatic hydroxyl groups is 1. The molecule has 0 unspecified atom stereocenters. The van der Waals surface area contributed by atoms with Crippen molar-refractivity contribution in [3.8, 4) is 12.3 Å². The first-order valence-corrected chi connectivity index (χ1v) is 5.45. The zero-order valence-electron chi connectivity index (χ0n) is 9.61. The summed E-state index contributed by atoms with van der Waals surface area (Å²) in [6.07, 6.45) is 5.17. The number of aliphatic hydroxyl groups excluding tert-OH is 1. The maximum absolute atomic E-state index is 8.92.